The fourth-order valence-electron chi connectivity index (χ4n) is 3.61. The van der Waals surface area contributed by atoms with Crippen LogP contribution < -0.4 is 0 Å². The molecular formula is C20H25N. The van der Waals surface area contributed by atoms with Gasteiger partial charge in [0.05, 0.1) is 0 Å². The number of benzene rings is 2. The van der Waals surface area contributed by atoms with Crippen molar-refractivity contribution in [2.75, 3.05) is 13.1 Å². The molecule has 110 valence electrons. The Kier molecular flexibility index (Phi) is 4.40. The second-order valence-corrected chi connectivity index (χ2v) is 6.52. The van der Waals surface area contributed by atoms with Gasteiger partial charge in [-0.2, -0.15) is 0 Å². The summed E-state index contributed by atoms with van der Waals surface area (Å²) >= 11 is 0. The molecule has 21 heavy (non-hydrogen) atoms. The summed E-state index contributed by atoms with van der Waals surface area (Å²) in [5.74, 6) is 0. The minimum absolute atomic E-state index is 0.221. The van der Waals surface area contributed by atoms with Crippen molar-refractivity contribution >= 4 is 0 Å². The van der Waals surface area contributed by atoms with E-state index in [9.17, 15) is 0 Å². The Balaban J connectivity index is 1.83. The first-order valence-electron chi connectivity index (χ1n) is 8.09. The van der Waals surface area contributed by atoms with Crippen LogP contribution in [0.15, 0.2) is 60.7 Å². The van der Waals surface area contributed by atoms with Crippen LogP contribution in [0.25, 0.3) is 0 Å². The molecule has 0 unspecified atom stereocenters. The average Bonchev–Trinajstić information content (AvgIpc) is 3.04. The lowest BCUT2D eigenvalue weighted by molar-refractivity contribution is 0.134. The average molecular weight is 279 g/mol. The molecule has 0 aliphatic carbocycles. The summed E-state index contributed by atoms with van der Waals surface area (Å²) in [6, 6.07) is 21.9. The first-order valence-corrected chi connectivity index (χ1v) is 8.09. The lowest BCUT2D eigenvalue weighted by Crippen LogP contribution is -2.48. The quantitative estimate of drug-likeness (QED) is 0.787. The number of rotatable bonds is 5. The normalized spacial score (nSPS) is 16.2. The van der Waals surface area contributed by atoms with Crippen molar-refractivity contribution in [3.05, 3.63) is 71.8 Å². The van der Waals surface area contributed by atoms with Crippen LogP contribution in [0.2, 0.25) is 0 Å². The molecule has 0 radical (unpaired) electrons. The third kappa shape index (κ3) is 3.54. The van der Waals surface area contributed by atoms with Crippen molar-refractivity contribution in [3.63, 3.8) is 0 Å². The maximum atomic E-state index is 2.70. The van der Waals surface area contributed by atoms with Crippen LogP contribution in [0, 0.1) is 0 Å². The van der Waals surface area contributed by atoms with Gasteiger partial charge in [0, 0.05) is 5.54 Å². The summed E-state index contributed by atoms with van der Waals surface area (Å²) in [4.78, 5) is 2.70. The summed E-state index contributed by atoms with van der Waals surface area (Å²) in [7, 11) is 0. The van der Waals surface area contributed by atoms with Crippen molar-refractivity contribution in [1.29, 1.82) is 0 Å². The van der Waals surface area contributed by atoms with E-state index in [0.29, 0.717) is 0 Å². The molecule has 0 atom stereocenters. The van der Waals surface area contributed by atoms with Crippen molar-refractivity contribution in [3.8, 4) is 0 Å². The van der Waals surface area contributed by atoms with Gasteiger partial charge < -0.3 is 0 Å². The van der Waals surface area contributed by atoms with E-state index in [1.165, 1.54) is 37.1 Å². The third-order valence-corrected chi connectivity index (χ3v) is 4.73. The second kappa shape index (κ2) is 6.44. The molecule has 2 aromatic carbocycles. The Hall–Kier alpha value is -1.60. The van der Waals surface area contributed by atoms with Gasteiger partial charge in [-0.05, 0) is 56.8 Å². The summed E-state index contributed by atoms with van der Waals surface area (Å²) < 4.78 is 0. The Morgan fingerprint density at radius 2 is 1.19 bits per heavy atom. The van der Waals surface area contributed by atoms with Gasteiger partial charge in [0.15, 0.2) is 0 Å². The monoisotopic (exact) mass is 279 g/mol. The lowest BCUT2D eigenvalue weighted by atomic mass is 9.85. The highest BCUT2D eigenvalue weighted by molar-refractivity contribution is 5.22. The van der Waals surface area contributed by atoms with Crippen LogP contribution >= 0.6 is 0 Å². The van der Waals surface area contributed by atoms with E-state index in [-0.39, 0.29) is 5.54 Å². The van der Waals surface area contributed by atoms with Gasteiger partial charge in [-0.1, -0.05) is 60.7 Å². The molecule has 0 bridgehead atoms. The molecule has 0 aromatic heterocycles. The fourth-order valence-corrected chi connectivity index (χ4v) is 3.61. The number of hydrogen-bond acceptors (Lipinski definition) is 1. The second-order valence-electron chi connectivity index (χ2n) is 6.52. The maximum Gasteiger partial charge on any atom is 0.0261 e. The molecule has 1 fully saturated rings. The van der Waals surface area contributed by atoms with E-state index < -0.39 is 0 Å². The van der Waals surface area contributed by atoms with Gasteiger partial charge in [-0.15, -0.1) is 0 Å². The maximum absolute atomic E-state index is 2.70. The highest BCUT2D eigenvalue weighted by Crippen LogP contribution is 2.29. The Morgan fingerprint density at radius 3 is 1.62 bits per heavy atom. The molecule has 1 nitrogen and oxygen atoms in total. The summed E-state index contributed by atoms with van der Waals surface area (Å²) in [5, 5.41) is 0. The number of hydrogen-bond donors (Lipinski definition) is 0. The van der Waals surface area contributed by atoms with E-state index in [0.717, 1.165) is 12.8 Å². The van der Waals surface area contributed by atoms with Crippen molar-refractivity contribution in [1.82, 2.24) is 4.90 Å². The van der Waals surface area contributed by atoms with Crippen molar-refractivity contribution in [2.45, 2.75) is 38.1 Å². The largest absolute Gasteiger partial charge is 0.297 e. The number of nitrogens with zero attached hydrogens (tertiary/aromatic N) is 1. The highest BCUT2D eigenvalue weighted by Gasteiger charge is 2.33. The molecular weight excluding hydrogens is 254 g/mol. The van der Waals surface area contributed by atoms with Crippen LogP contribution in [-0.4, -0.2) is 23.5 Å². The molecule has 1 aliphatic heterocycles. The van der Waals surface area contributed by atoms with Crippen LogP contribution in [0.5, 0.6) is 0 Å². The van der Waals surface area contributed by atoms with E-state index in [1.807, 2.05) is 0 Å². The first kappa shape index (κ1) is 14.3. The molecule has 1 heterocycles. The topological polar surface area (TPSA) is 3.24 Å². The van der Waals surface area contributed by atoms with Crippen LogP contribution in [0.4, 0.5) is 0 Å². The highest BCUT2D eigenvalue weighted by atomic mass is 15.2. The zero-order chi connectivity index (χ0) is 14.5. The van der Waals surface area contributed by atoms with Crippen molar-refractivity contribution in [2.24, 2.45) is 0 Å². The fraction of sp³-hybridized carbons (Fsp3) is 0.400. The molecule has 1 heteroatoms. The Bertz CT molecular complexity index is 499. The van der Waals surface area contributed by atoms with E-state index in [4.69, 9.17) is 0 Å². The van der Waals surface area contributed by atoms with Gasteiger partial charge in [0.25, 0.3) is 0 Å². The lowest BCUT2D eigenvalue weighted by Gasteiger charge is -2.39. The van der Waals surface area contributed by atoms with Gasteiger partial charge in [-0.25, -0.2) is 0 Å². The molecule has 0 spiro atoms. The Labute approximate surface area is 128 Å². The predicted octanol–water partition coefficient (Wildman–Crippen LogP) is 4.33. The zero-order valence-corrected chi connectivity index (χ0v) is 13.0. The predicted molar refractivity (Wildman–Crippen MR) is 89.5 cm³/mol. The molecule has 2 aromatic rings. The summed E-state index contributed by atoms with van der Waals surface area (Å²) in [6.07, 6.45) is 4.95. The smallest absolute Gasteiger partial charge is 0.0261 e. The number of likely N-dealkylation sites (tertiary alicyclic amines) is 1. The van der Waals surface area contributed by atoms with Gasteiger partial charge in [-0.3, -0.25) is 4.90 Å². The molecule has 0 amide bonds. The first-order chi connectivity index (χ1) is 10.3. The van der Waals surface area contributed by atoms with Gasteiger partial charge in [0.1, 0.15) is 0 Å². The van der Waals surface area contributed by atoms with E-state index in [2.05, 4.69) is 72.5 Å². The minimum atomic E-state index is 0.221. The van der Waals surface area contributed by atoms with Crippen molar-refractivity contribution < 1.29 is 0 Å². The Morgan fingerprint density at radius 1 is 0.762 bits per heavy atom. The minimum Gasteiger partial charge on any atom is -0.297 e. The molecule has 0 N–H and O–H groups in total. The standard InChI is InChI=1S/C20H25N/c1-20(21-14-8-9-15-21,16-18-10-4-2-5-11-18)17-19-12-6-3-7-13-19/h2-7,10-13H,8-9,14-17H2,1H3. The van der Waals surface area contributed by atoms with Crippen LogP contribution in [-0.2, 0) is 12.8 Å². The van der Waals surface area contributed by atoms with Crippen LogP contribution in [0.3, 0.4) is 0 Å². The SMILES string of the molecule is CC(Cc1ccccc1)(Cc1ccccc1)N1CCCC1. The molecule has 0 saturated carbocycles. The van der Waals surface area contributed by atoms with Gasteiger partial charge in [0.2, 0.25) is 0 Å². The van der Waals surface area contributed by atoms with Crippen LogP contribution in [0.1, 0.15) is 30.9 Å². The van der Waals surface area contributed by atoms with Gasteiger partial charge >= 0.3 is 0 Å². The zero-order valence-electron chi connectivity index (χ0n) is 13.0. The summed E-state index contributed by atoms with van der Waals surface area (Å²) in [5.41, 5.74) is 3.12. The molecule has 1 aliphatic rings. The molecule has 3 rings (SSSR count). The summed E-state index contributed by atoms with van der Waals surface area (Å²) in [6.45, 7) is 4.94. The third-order valence-electron chi connectivity index (χ3n) is 4.73. The van der Waals surface area contributed by atoms with E-state index >= 15 is 0 Å². The van der Waals surface area contributed by atoms with E-state index in [1.54, 1.807) is 0 Å². The molecule has 1 saturated heterocycles.